The number of nitrogens with zero attached hydrogens (tertiary/aromatic N) is 3. The van der Waals surface area contributed by atoms with Gasteiger partial charge in [-0.25, -0.2) is 0 Å². The van der Waals surface area contributed by atoms with Crippen molar-refractivity contribution in [1.82, 2.24) is 10.2 Å². The van der Waals surface area contributed by atoms with E-state index in [1.165, 1.54) is 0 Å². The number of rotatable bonds is 5. The van der Waals surface area contributed by atoms with Crippen LogP contribution in [0.5, 0.6) is 0 Å². The first kappa shape index (κ1) is 14.9. The Hall–Kier alpha value is -1.16. The van der Waals surface area contributed by atoms with Crippen LogP contribution in [0.4, 0.5) is 5.82 Å². The van der Waals surface area contributed by atoms with E-state index in [9.17, 15) is 0 Å². The van der Waals surface area contributed by atoms with Crippen LogP contribution in [0, 0.1) is 19.8 Å². The second-order valence-electron chi connectivity index (χ2n) is 5.56. The summed E-state index contributed by atoms with van der Waals surface area (Å²) in [5.41, 5.74) is 9.15. The summed E-state index contributed by atoms with van der Waals surface area (Å²) in [4.78, 5) is 2.30. The molecule has 18 heavy (non-hydrogen) atoms. The Morgan fingerprint density at radius 2 is 1.72 bits per heavy atom. The lowest BCUT2D eigenvalue weighted by Crippen LogP contribution is -2.36. The molecule has 0 aromatic carbocycles. The summed E-state index contributed by atoms with van der Waals surface area (Å²) in [6.45, 7) is 14.3. The molecule has 0 radical (unpaired) electrons. The van der Waals surface area contributed by atoms with Crippen molar-refractivity contribution in [3.05, 3.63) is 16.8 Å². The molecule has 0 aliphatic heterocycles. The standard InChI is InChI=1S/C14H26N4/c1-9(2)8-18(10(3)4)14-13(7-15)11(5)12(6)16-17-14/h9-10H,7-8,15H2,1-6H3. The Balaban J connectivity index is 3.23. The third-order valence-corrected chi connectivity index (χ3v) is 3.22. The zero-order chi connectivity index (χ0) is 13.9. The maximum Gasteiger partial charge on any atom is 0.156 e. The molecule has 0 saturated carbocycles. The van der Waals surface area contributed by atoms with Crippen LogP contribution >= 0.6 is 0 Å². The molecule has 0 saturated heterocycles. The van der Waals surface area contributed by atoms with Crippen LogP contribution in [0.1, 0.15) is 44.5 Å². The van der Waals surface area contributed by atoms with Gasteiger partial charge in [-0.2, -0.15) is 5.10 Å². The molecule has 0 aliphatic carbocycles. The number of aryl methyl sites for hydroxylation is 1. The van der Waals surface area contributed by atoms with Crippen molar-refractivity contribution in [3.63, 3.8) is 0 Å². The number of nitrogens with two attached hydrogens (primary N) is 1. The van der Waals surface area contributed by atoms with Gasteiger partial charge in [0.15, 0.2) is 5.82 Å². The number of hydrogen-bond acceptors (Lipinski definition) is 4. The lowest BCUT2D eigenvalue weighted by molar-refractivity contribution is 0.560. The van der Waals surface area contributed by atoms with Crippen molar-refractivity contribution in [1.29, 1.82) is 0 Å². The molecule has 102 valence electrons. The van der Waals surface area contributed by atoms with Crippen molar-refractivity contribution in [3.8, 4) is 0 Å². The van der Waals surface area contributed by atoms with E-state index in [4.69, 9.17) is 5.73 Å². The highest BCUT2D eigenvalue weighted by Gasteiger charge is 2.19. The minimum atomic E-state index is 0.397. The molecule has 0 spiro atoms. The minimum Gasteiger partial charge on any atom is -0.352 e. The van der Waals surface area contributed by atoms with E-state index in [2.05, 4.69) is 49.7 Å². The van der Waals surface area contributed by atoms with Gasteiger partial charge in [0.1, 0.15) is 0 Å². The molecule has 1 heterocycles. The van der Waals surface area contributed by atoms with E-state index in [0.717, 1.165) is 29.2 Å². The van der Waals surface area contributed by atoms with Crippen LogP contribution in [0.3, 0.4) is 0 Å². The molecule has 2 N–H and O–H groups in total. The topological polar surface area (TPSA) is 55.0 Å². The average molecular weight is 250 g/mol. The van der Waals surface area contributed by atoms with E-state index in [1.54, 1.807) is 0 Å². The van der Waals surface area contributed by atoms with Crippen LogP contribution in [-0.4, -0.2) is 22.8 Å². The van der Waals surface area contributed by atoms with Gasteiger partial charge in [0.25, 0.3) is 0 Å². The first-order valence-corrected chi connectivity index (χ1v) is 6.67. The zero-order valence-electron chi connectivity index (χ0n) is 12.5. The van der Waals surface area contributed by atoms with Crippen molar-refractivity contribution >= 4 is 5.82 Å². The van der Waals surface area contributed by atoms with Crippen LogP contribution in [0.2, 0.25) is 0 Å². The minimum absolute atomic E-state index is 0.397. The molecule has 0 aliphatic rings. The Bertz CT molecular complexity index is 399. The van der Waals surface area contributed by atoms with Crippen molar-refractivity contribution in [2.24, 2.45) is 11.7 Å². The molecule has 1 rings (SSSR count). The fourth-order valence-electron chi connectivity index (χ4n) is 2.05. The van der Waals surface area contributed by atoms with Crippen LogP contribution < -0.4 is 10.6 Å². The summed E-state index contributed by atoms with van der Waals surface area (Å²) >= 11 is 0. The van der Waals surface area contributed by atoms with Gasteiger partial charge in [0.05, 0.1) is 5.69 Å². The fraction of sp³-hybridized carbons (Fsp3) is 0.714. The maximum absolute atomic E-state index is 5.89. The number of aromatic nitrogens is 2. The summed E-state index contributed by atoms with van der Waals surface area (Å²) in [7, 11) is 0. The van der Waals surface area contributed by atoms with Gasteiger partial charge < -0.3 is 10.6 Å². The predicted octanol–water partition coefficient (Wildman–Crippen LogP) is 2.42. The van der Waals surface area contributed by atoms with Gasteiger partial charge >= 0.3 is 0 Å². The molecular weight excluding hydrogens is 224 g/mol. The summed E-state index contributed by atoms with van der Waals surface area (Å²) in [5.74, 6) is 1.53. The molecular formula is C14H26N4. The molecule has 1 aromatic heterocycles. The highest BCUT2D eigenvalue weighted by atomic mass is 15.3. The molecule has 4 heteroatoms. The van der Waals surface area contributed by atoms with E-state index in [-0.39, 0.29) is 0 Å². The zero-order valence-corrected chi connectivity index (χ0v) is 12.5. The summed E-state index contributed by atoms with van der Waals surface area (Å²) < 4.78 is 0. The quantitative estimate of drug-likeness (QED) is 0.872. The van der Waals surface area contributed by atoms with Crippen molar-refractivity contribution in [2.45, 2.75) is 54.1 Å². The van der Waals surface area contributed by atoms with Gasteiger partial charge in [-0.1, -0.05) is 13.8 Å². The van der Waals surface area contributed by atoms with Gasteiger partial charge in [-0.15, -0.1) is 5.10 Å². The smallest absolute Gasteiger partial charge is 0.156 e. The van der Waals surface area contributed by atoms with Gasteiger partial charge in [-0.05, 0) is 39.2 Å². The van der Waals surface area contributed by atoms with Gasteiger partial charge in [0.2, 0.25) is 0 Å². The summed E-state index contributed by atoms with van der Waals surface area (Å²) in [5, 5.41) is 8.63. The van der Waals surface area contributed by atoms with E-state index in [0.29, 0.717) is 18.5 Å². The van der Waals surface area contributed by atoms with E-state index >= 15 is 0 Å². The van der Waals surface area contributed by atoms with Gasteiger partial charge in [-0.3, -0.25) is 0 Å². The van der Waals surface area contributed by atoms with E-state index < -0.39 is 0 Å². The number of hydrogen-bond donors (Lipinski definition) is 1. The van der Waals surface area contributed by atoms with Crippen molar-refractivity contribution < 1.29 is 0 Å². The lowest BCUT2D eigenvalue weighted by atomic mass is 10.1. The Morgan fingerprint density at radius 1 is 1.11 bits per heavy atom. The van der Waals surface area contributed by atoms with E-state index in [1.807, 2.05) is 6.92 Å². The normalized spacial score (nSPS) is 11.4. The predicted molar refractivity (Wildman–Crippen MR) is 76.7 cm³/mol. The Labute approximate surface area is 111 Å². The Morgan fingerprint density at radius 3 is 2.17 bits per heavy atom. The SMILES string of the molecule is Cc1nnc(N(CC(C)C)C(C)C)c(CN)c1C. The summed E-state index contributed by atoms with van der Waals surface area (Å²) in [6.07, 6.45) is 0. The molecule has 0 unspecified atom stereocenters. The average Bonchev–Trinajstić information content (AvgIpc) is 2.29. The molecule has 4 nitrogen and oxygen atoms in total. The van der Waals surface area contributed by atoms with Crippen LogP contribution in [0.25, 0.3) is 0 Å². The summed E-state index contributed by atoms with van der Waals surface area (Å²) in [6, 6.07) is 0.397. The fourth-order valence-corrected chi connectivity index (χ4v) is 2.05. The molecule has 0 fully saturated rings. The highest BCUT2D eigenvalue weighted by Crippen LogP contribution is 2.24. The first-order chi connectivity index (χ1) is 8.38. The monoisotopic (exact) mass is 250 g/mol. The number of anilines is 1. The van der Waals surface area contributed by atoms with Gasteiger partial charge in [0, 0.05) is 24.7 Å². The largest absolute Gasteiger partial charge is 0.352 e. The maximum atomic E-state index is 5.89. The molecule has 0 bridgehead atoms. The van der Waals surface area contributed by atoms with Crippen molar-refractivity contribution in [2.75, 3.05) is 11.4 Å². The highest BCUT2D eigenvalue weighted by molar-refractivity contribution is 5.51. The third-order valence-electron chi connectivity index (χ3n) is 3.22. The van der Waals surface area contributed by atoms with Crippen LogP contribution in [-0.2, 0) is 6.54 Å². The molecule has 0 amide bonds. The second-order valence-corrected chi connectivity index (χ2v) is 5.56. The molecule has 0 atom stereocenters. The van der Waals surface area contributed by atoms with Crippen LogP contribution in [0.15, 0.2) is 0 Å². The lowest BCUT2D eigenvalue weighted by Gasteiger charge is -2.31. The second kappa shape index (κ2) is 6.14. The Kier molecular flexibility index (Phi) is 5.08. The first-order valence-electron chi connectivity index (χ1n) is 6.67. The third kappa shape index (κ3) is 3.19. The molecule has 1 aromatic rings.